The summed E-state index contributed by atoms with van der Waals surface area (Å²) in [5.41, 5.74) is 1.09. The summed E-state index contributed by atoms with van der Waals surface area (Å²) in [6.45, 7) is 11.4. The van der Waals surface area contributed by atoms with Crippen molar-refractivity contribution in [2.75, 3.05) is 19.8 Å². The molecule has 2 aromatic rings. The fourth-order valence-electron chi connectivity index (χ4n) is 5.20. The highest BCUT2D eigenvalue weighted by Gasteiger charge is 2.43. The Morgan fingerprint density at radius 1 is 0.625 bits per heavy atom. The number of unbranched alkanes of at least 4 members (excludes halogenated alkanes) is 15. The third-order valence-corrected chi connectivity index (χ3v) is 12.1. The predicted molar refractivity (Wildman–Crippen MR) is 177 cm³/mol. The maximum absolute atomic E-state index is 6.76. The maximum atomic E-state index is 6.76. The van der Waals surface area contributed by atoms with E-state index in [9.17, 15) is 0 Å². The van der Waals surface area contributed by atoms with Gasteiger partial charge in [0.1, 0.15) is 0 Å². The number of rotatable bonds is 27. The van der Waals surface area contributed by atoms with E-state index in [-0.39, 0.29) is 5.92 Å². The van der Waals surface area contributed by atoms with Gasteiger partial charge in [-0.3, -0.25) is 0 Å². The second kappa shape index (κ2) is 22.8. The van der Waals surface area contributed by atoms with Crippen molar-refractivity contribution < 1.29 is 13.3 Å². The van der Waals surface area contributed by atoms with Gasteiger partial charge in [0.15, 0.2) is 0 Å². The van der Waals surface area contributed by atoms with Crippen LogP contribution in [0, 0.1) is 0 Å². The number of fused-ring (bicyclic) bond motifs is 1. The molecule has 0 fully saturated rings. The van der Waals surface area contributed by atoms with Crippen LogP contribution in [-0.2, 0) is 13.3 Å². The number of nitrogens with zero attached hydrogens (tertiary/aromatic N) is 1. The average Bonchev–Trinajstić information content (AvgIpc) is 3.40. The van der Waals surface area contributed by atoms with Crippen LogP contribution in [0.15, 0.2) is 24.3 Å². The topological polar surface area (TPSA) is 40.6 Å². The molecule has 1 aromatic heterocycles. The van der Waals surface area contributed by atoms with Gasteiger partial charge in [-0.2, -0.15) is 0 Å². The van der Waals surface area contributed by atoms with Crippen LogP contribution < -0.4 is 0 Å². The molecule has 0 bridgehead atoms. The minimum atomic E-state index is -2.85. The molecule has 0 N–H and O–H groups in total. The molecular weight excluding hydrogens is 531 g/mol. The van der Waals surface area contributed by atoms with Crippen LogP contribution in [0.3, 0.4) is 0 Å². The number of hydrogen-bond donors (Lipinski definition) is 0. The second-order valence-corrected chi connectivity index (χ2v) is 15.4. The summed E-state index contributed by atoms with van der Waals surface area (Å²) in [7, 11) is -2.85. The molecule has 0 spiro atoms. The number of para-hydroxylation sites is 1. The first-order valence-electron chi connectivity index (χ1n) is 16.9. The Balaban J connectivity index is 2.05. The Bertz CT molecular complexity index is 782. The molecule has 1 aromatic carbocycles. The number of hydrogen-bond acceptors (Lipinski definition) is 5. The first-order chi connectivity index (χ1) is 19.6. The van der Waals surface area contributed by atoms with Gasteiger partial charge in [-0.1, -0.05) is 136 Å². The van der Waals surface area contributed by atoms with Gasteiger partial charge < -0.3 is 13.3 Å². The van der Waals surface area contributed by atoms with Gasteiger partial charge in [0.25, 0.3) is 0 Å². The first kappa shape index (κ1) is 35.4. The molecule has 0 aliphatic carbocycles. The molecule has 0 aliphatic heterocycles. The molecule has 2 rings (SSSR count). The third kappa shape index (κ3) is 14.9. The van der Waals surface area contributed by atoms with Crippen LogP contribution >= 0.6 is 11.3 Å². The van der Waals surface area contributed by atoms with Crippen LogP contribution in [0.2, 0.25) is 6.04 Å². The van der Waals surface area contributed by atoms with E-state index in [0.717, 1.165) is 50.6 Å². The highest BCUT2D eigenvalue weighted by Crippen LogP contribution is 2.34. The number of thiazole rings is 1. The highest BCUT2D eigenvalue weighted by atomic mass is 32.1. The molecule has 0 saturated carbocycles. The quantitative estimate of drug-likeness (QED) is 0.0765. The zero-order valence-electron chi connectivity index (χ0n) is 26.5. The van der Waals surface area contributed by atoms with Crippen molar-refractivity contribution in [2.24, 2.45) is 0 Å². The minimum Gasteiger partial charge on any atom is -0.373 e. The lowest BCUT2D eigenvalue weighted by molar-refractivity contribution is 0.0539. The van der Waals surface area contributed by atoms with Crippen molar-refractivity contribution in [3.63, 3.8) is 0 Å². The van der Waals surface area contributed by atoms with Gasteiger partial charge in [0.2, 0.25) is 0 Å². The van der Waals surface area contributed by atoms with Crippen molar-refractivity contribution in [1.29, 1.82) is 0 Å². The fraction of sp³-hybridized carbons (Fsp3) is 0.794. The lowest BCUT2D eigenvalue weighted by atomic mass is 10.1. The highest BCUT2D eigenvalue weighted by molar-refractivity contribution is 7.18. The largest absolute Gasteiger partial charge is 0.501 e. The Kier molecular flexibility index (Phi) is 20.1. The van der Waals surface area contributed by atoms with E-state index in [2.05, 4.69) is 52.0 Å². The summed E-state index contributed by atoms with van der Waals surface area (Å²) in [4.78, 5) is 4.99. The van der Waals surface area contributed by atoms with Crippen molar-refractivity contribution >= 4 is 30.4 Å². The minimum absolute atomic E-state index is 0.253. The van der Waals surface area contributed by atoms with E-state index in [0.29, 0.717) is 0 Å². The van der Waals surface area contributed by atoms with Gasteiger partial charge in [-0.15, -0.1) is 11.3 Å². The average molecular weight is 592 g/mol. The third-order valence-electron chi connectivity index (χ3n) is 7.75. The molecule has 1 heterocycles. The molecule has 230 valence electrons. The molecule has 0 radical (unpaired) electrons. The van der Waals surface area contributed by atoms with E-state index >= 15 is 0 Å². The second-order valence-electron chi connectivity index (χ2n) is 11.7. The first-order valence-corrected chi connectivity index (χ1v) is 19.7. The van der Waals surface area contributed by atoms with Gasteiger partial charge >= 0.3 is 8.80 Å². The smallest absolute Gasteiger partial charge is 0.373 e. The van der Waals surface area contributed by atoms with Crippen LogP contribution in [-0.4, -0.2) is 33.6 Å². The molecular formula is C34H61NO3SSi. The number of aromatic nitrogens is 1. The molecule has 1 unspecified atom stereocenters. The molecule has 1 atom stereocenters. The summed E-state index contributed by atoms with van der Waals surface area (Å²) in [6, 6.07) is 9.28. The van der Waals surface area contributed by atoms with Crippen LogP contribution in [0.25, 0.3) is 10.2 Å². The molecule has 4 nitrogen and oxygen atoms in total. The molecule has 0 aliphatic rings. The summed E-state index contributed by atoms with van der Waals surface area (Å²) in [5, 5.41) is 1.17. The van der Waals surface area contributed by atoms with Crippen LogP contribution in [0.4, 0.5) is 0 Å². The normalized spacial score (nSPS) is 12.9. The van der Waals surface area contributed by atoms with E-state index < -0.39 is 8.80 Å². The summed E-state index contributed by atoms with van der Waals surface area (Å²) < 4.78 is 21.5. The van der Waals surface area contributed by atoms with E-state index in [4.69, 9.17) is 18.3 Å². The maximum Gasteiger partial charge on any atom is 0.501 e. The summed E-state index contributed by atoms with van der Waals surface area (Å²) in [6.07, 6.45) is 22.7. The van der Waals surface area contributed by atoms with Crippen molar-refractivity contribution in [2.45, 2.75) is 155 Å². The molecule has 6 heteroatoms. The monoisotopic (exact) mass is 591 g/mol. The summed E-state index contributed by atoms with van der Waals surface area (Å²) in [5.74, 6) is 0.253. The van der Waals surface area contributed by atoms with E-state index in [1.54, 1.807) is 0 Å². The van der Waals surface area contributed by atoms with Gasteiger partial charge in [-0.25, -0.2) is 4.98 Å². The lowest BCUT2D eigenvalue weighted by Crippen LogP contribution is -2.47. The Morgan fingerprint density at radius 3 is 1.50 bits per heavy atom. The SMILES string of the molecule is CCCCCCCCO[Si](CC(C)c1nc2ccccc2s1)(OCCCCCCCC)OCCCCCCCC. The standard InChI is InChI=1S/C34H61NO3SSi/c1-5-8-11-14-17-22-27-36-40(37-28-23-18-15-12-9-6-2,38-29-24-19-16-13-10-7-3)30-31(4)34-35-32-25-20-21-26-33(32)39-34/h20-21,25-26,31H,5-19,22-24,27-30H2,1-4H3. The van der Waals surface area contributed by atoms with E-state index in [1.807, 2.05) is 11.3 Å². The van der Waals surface area contributed by atoms with Crippen molar-refractivity contribution in [3.05, 3.63) is 29.3 Å². The predicted octanol–water partition coefficient (Wildman–Crippen LogP) is 11.5. The van der Waals surface area contributed by atoms with Gasteiger partial charge in [0, 0.05) is 31.8 Å². The van der Waals surface area contributed by atoms with Crippen molar-refractivity contribution in [3.8, 4) is 0 Å². The zero-order valence-corrected chi connectivity index (χ0v) is 28.3. The van der Waals surface area contributed by atoms with E-state index in [1.165, 1.54) is 106 Å². The summed E-state index contributed by atoms with van der Waals surface area (Å²) >= 11 is 1.81. The Labute approximate surface area is 252 Å². The Hall–Kier alpha value is -0.793. The number of benzene rings is 1. The lowest BCUT2D eigenvalue weighted by Gasteiger charge is -2.31. The Morgan fingerprint density at radius 2 is 1.05 bits per heavy atom. The van der Waals surface area contributed by atoms with Gasteiger partial charge in [-0.05, 0) is 31.4 Å². The molecule has 0 amide bonds. The van der Waals surface area contributed by atoms with Gasteiger partial charge in [0.05, 0.1) is 15.2 Å². The zero-order chi connectivity index (χ0) is 28.7. The van der Waals surface area contributed by atoms with Crippen LogP contribution in [0.5, 0.6) is 0 Å². The van der Waals surface area contributed by atoms with Crippen LogP contribution in [0.1, 0.15) is 154 Å². The molecule has 40 heavy (non-hydrogen) atoms. The fourth-order valence-corrected chi connectivity index (χ4v) is 9.27. The molecule has 0 saturated heterocycles. The van der Waals surface area contributed by atoms with Crippen molar-refractivity contribution in [1.82, 2.24) is 4.98 Å².